The van der Waals surface area contributed by atoms with E-state index in [9.17, 15) is 29.4 Å². The second-order valence-electron chi connectivity index (χ2n) is 15.9. The fourth-order valence-electron chi connectivity index (χ4n) is 7.44. The van der Waals surface area contributed by atoms with Crippen LogP contribution in [0.15, 0.2) is 97.6 Å². The second kappa shape index (κ2) is 30.7. The summed E-state index contributed by atoms with van der Waals surface area (Å²) in [5.41, 5.74) is 3.70. The Balaban J connectivity index is 0.00000925. The van der Waals surface area contributed by atoms with Gasteiger partial charge in [0.15, 0.2) is 0 Å². The number of amides is 2. The monoisotopic (exact) mass is 1040 g/mol. The molecule has 1 aliphatic heterocycles. The van der Waals surface area contributed by atoms with Gasteiger partial charge in [0.05, 0.1) is 35.9 Å². The molecule has 1 aliphatic rings. The Morgan fingerprint density at radius 2 is 0.769 bits per heavy atom. The summed E-state index contributed by atoms with van der Waals surface area (Å²) < 4.78 is 0. The number of nitrogens with one attached hydrogen (secondary N) is 2. The third-order valence-corrected chi connectivity index (χ3v) is 10.9. The summed E-state index contributed by atoms with van der Waals surface area (Å²) in [6.07, 6.45) is 7.54. The first-order valence-corrected chi connectivity index (χ1v) is 22.1. The van der Waals surface area contributed by atoms with E-state index in [1.54, 1.807) is 24.8 Å². The molecule has 18 nitrogen and oxygen atoms in total. The van der Waals surface area contributed by atoms with E-state index >= 15 is 0 Å². The van der Waals surface area contributed by atoms with Crippen molar-refractivity contribution in [3.05, 3.63) is 120 Å². The third-order valence-electron chi connectivity index (χ3n) is 10.9. The Bertz CT molecular complexity index is 1720. The molecule has 0 aromatic carbocycles. The summed E-state index contributed by atoms with van der Waals surface area (Å²) in [7, 11) is 0. The van der Waals surface area contributed by atoms with E-state index in [1.165, 1.54) is 0 Å². The number of hydrogen-bond acceptors (Lipinski definition) is 14. The summed E-state index contributed by atoms with van der Waals surface area (Å²) >= 11 is 0. The quantitative estimate of drug-likeness (QED) is 0.0783. The number of carbonyl (C=O) groups excluding carboxylic acids is 2. The van der Waals surface area contributed by atoms with E-state index in [4.69, 9.17) is 0 Å². The molecule has 4 aromatic heterocycles. The van der Waals surface area contributed by atoms with Crippen LogP contribution in [0.3, 0.4) is 0 Å². The Hall–Kier alpha value is -4.44. The van der Waals surface area contributed by atoms with Crippen molar-refractivity contribution < 1.29 is 69.3 Å². The van der Waals surface area contributed by atoms with Gasteiger partial charge in [0.1, 0.15) is 0 Å². The van der Waals surface area contributed by atoms with Crippen LogP contribution in [0.1, 0.15) is 35.6 Å². The van der Waals surface area contributed by atoms with Crippen molar-refractivity contribution in [3.8, 4) is 0 Å². The molecule has 0 atom stereocenters. The van der Waals surface area contributed by atoms with Gasteiger partial charge >= 0.3 is 11.9 Å². The van der Waals surface area contributed by atoms with Crippen molar-refractivity contribution in [2.24, 2.45) is 0 Å². The van der Waals surface area contributed by atoms with Gasteiger partial charge in [0.25, 0.3) is 0 Å². The molecular formula is C46H64GdN12O6. The molecule has 0 radical (unpaired) electrons. The van der Waals surface area contributed by atoms with Crippen molar-refractivity contribution in [3.63, 3.8) is 0 Å². The van der Waals surface area contributed by atoms with E-state index in [2.05, 4.69) is 50.2 Å². The minimum Gasteiger partial charge on any atom is -0.480 e. The standard InChI is InChI=1S/C46H64N12O6.Gd/c59-43(51-19-23-57(33-39-9-1-5-15-47-39)34-40-10-2-6-16-48-40)13-21-53-25-29-55(37-45(61)62)31-27-54(28-32-56(30-26-53)38-46(63)64)22-14-44(60)52-20-24-58(35-41-11-3-7-17-49-41)36-42-12-4-8-18-50-42;/h1-12,15-18H,13-14,19-38H2,(H,51,59)(H,52,60)(H,61,62)(H,63,64);. The van der Waals surface area contributed by atoms with Gasteiger partial charge in [-0.2, -0.15) is 0 Å². The number of nitrogens with zero attached hydrogens (tertiary/aromatic N) is 10. The molecule has 4 aromatic rings. The van der Waals surface area contributed by atoms with Crippen molar-refractivity contribution in [1.29, 1.82) is 0 Å². The number of aromatic nitrogens is 4. The summed E-state index contributed by atoms with van der Waals surface area (Å²) in [5.74, 6) is -2.07. The first-order valence-electron chi connectivity index (χ1n) is 22.1. The van der Waals surface area contributed by atoms with Gasteiger partial charge < -0.3 is 30.6 Å². The minimum absolute atomic E-state index is 0. The molecule has 19 heteroatoms. The smallest absolute Gasteiger partial charge is 0.317 e. The van der Waals surface area contributed by atoms with Crippen LogP contribution in [-0.2, 0) is 45.4 Å². The van der Waals surface area contributed by atoms with Crippen LogP contribution < -0.4 is 10.6 Å². The van der Waals surface area contributed by atoms with Crippen LogP contribution in [0.4, 0.5) is 0 Å². The van der Waals surface area contributed by atoms with Crippen molar-refractivity contribution in [2.75, 3.05) is 105 Å². The molecule has 0 bridgehead atoms. The number of hydrogen-bond donors (Lipinski definition) is 4. The SMILES string of the molecule is O=C(O)CN1CCN(CCC(=O)NCCN(Cc2ccccn2)Cc2ccccn2)CCN(CC(=O)O)CCN(CCC(=O)NCCN(Cc2ccccn2)Cc2ccccn2)CC1.[Gd]. The summed E-state index contributed by atoms with van der Waals surface area (Å²) in [4.78, 5) is 80.4. The van der Waals surface area contributed by atoms with E-state index in [1.807, 2.05) is 82.6 Å². The molecule has 0 spiro atoms. The number of aliphatic carboxylic acids is 2. The maximum atomic E-state index is 13.2. The Morgan fingerprint density at radius 1 is 0.477 bits per heavy atom. The predicted molar refractivity (Wildman–Crippen MR) is 241 cm³/mol. The maximum absolute atomic E-state index is 13.2. The topological polar surface area (TPSA) is 204 Å². The van der Waals surface area contributed by atoms with Crippen LogP contribution in [-0.4, -0.2) is 188 Å². The minimum atomic E-state index is -0.933. The van der Waals surface area contributed by atoms with Crippen molar-refractivity contribution in [2.45, 2.75) is 39.0 Å². The molecule has 5 rings (SSSR count). The van der Waals surface area contributed by atoms with Gasteiger partial charge in [-0.1, -0.05) is 24.3 Å². The molecular weight excluding hydrogens is 974 g/mol. The predicted octanol–water partition coefficient (Wildman–Crippen LogP) is 1.37. The number of rotatable bonds is 24. The van der Waals surface area contributed by atoms with E-state index in [0.29, 0.717) is 118 Å². The van der Waals surface area contributed by atoms with Gasteiger partial charge in [-0.15, -0.1) is 0 Å². The molecule has 2 amide bonds. The molecule has 65 heavy (non-hydrogen) atoms. The largest absolute Gasteiger partial charge is 0.480 e. The normalized spacial score (nSPS) is 14.8. The molecule has 352 valence electrons. The van der Waals surface area contributed by atoms with E-state index < -0.39 is 11.9 Å². The van der Waals surface area contributed by atoms with Gasteiger partial charge in [0, 0.05) is 195 Å². The Labute approximate surface area is 414 Å². The first-order chi connectivity index (χ1) is 31.2. The first kappa shape index (κ1) is 53.2. The third kappa shape index (κ3) is 22.5. The molecule has 0 unspecified atom stereocenters. The van der Waals surface area contributed by atoms with Gasteiger partial charge in [0.2, 0.25) is 11.8 Å². The molecule has 0 saturated carbocycles. The number of pyridine rings is 4. The van der Waals surface area contributed by atoms with E-state index in [0.717, 1.165) is 22.8 Å². The zero-order valence-electron chi connectivity index (χ0n) is 37.1. The van der Waals surface area contributed by atoms with Crippen LogP contribution in [0, 0.1) is 39.9 Å². The van der Waals surface area contributed by atoms with Gasteiger partial charge in [-0.05, 0) is 48.5 Å². The average molecular weight is 1040 g/mol. The maximum Gasteiger partial charge on any atom is 0.317 e. The molecule has 1 fully saturated rings. The zero-order valence-corrected chi connectivity index (χ0v) is 39.4. The van der Waals surface area contributed by atoms with E-state index in [-0.39, 0.29) is 77.7 Å². The summed E-state index contributed by atoms with van der Waals surface area (Å²) in [5, 5.41) is 25.7. The Morgan fingerprint density at radius 3 is 1.03 bits per heavy atom. The second-order valence-corrected chi connectivity index (χ2v) is 15.9. The van der Waals surface area contributed by atoms with Gasteiger partial charge in [-0.25, -0.2) is 0 Å². The molecule has 4 N–H and O–H groups in total. The summed E-state index contributed by atoms with van der Waals surface area (Å²) in [6.45, 7) is 8.88. The average Bonchev–Trinajstić information content (AvgIpc) is 3.28. The number of carboxylic acids is 2. The fourth-order valence-corrected chi connectivity index (χ4v) is 7.44. The zero-order chi connectivity index (χ0) is 45.2. The van der Waals surface area contributed by atoms with Gasteiger partial charge in [-0.3, -0.25) is 58.7 Å². The van der Waals surface area contributed by atoms with Crippen LogP contribution in [0.5, 0.6) is 0 Å². The van der Waals surface area contributed by atoms with Crippen LogP contribution in [0.25, 0.3) is 0 Å². The van der Waals surface area contributed by atoms with Crippen molar-refractivity contribution >= 4 is 23.8 Å². The Kier molecular flexibility index (Phi) is 25.1. The molecule has 1 saturated heterocycles. The fraction of sp³-hybridized carbons (Fsp3) is 0.478. The van der Waals surface area contributed by atoms with Crippen LogP contribution >= 0.6 is 0 Å². The number of carboxylic acid groups (broad SMARTS) is 2. The van der Waals surface area contributed by atoms with Crippen molar-refractivity contribution in [1.82, 2.24) is 60.0 Å². The van der Waals surface area contributed by atoms with Crippen LogP contribution in [0.2, 0.25) is 0 Å². The number of carbonyl (C=O) groups is 4. The summed E-state index contributed by atoms with van der Waals surface area (Å²) in [6, 6.07) is 23.2. The molecule has 5 heterocycles. The molecule has 0 aliphatic carbocycles.